The van der Waals surface area contributed by atoms with E-state index in [4.69, 9.17) is 9.15 Å². The Morgan fingerprint density at radius 1 is 1.36 bits per heavy atom. The lowest BCUT2D eigenvalue weighted by atomic mass is 9.93. The molecule has 2 aromatic rings. The number of rotatable bonds is 3. The largest absolute Gasteiger partial charge is 0.451 e. The van der Waals surface area contributed by atoms with Crippen LogP contribution in [0.15, 0.2) is 29.0 Å². The van der Waals surface area contributed by atoms with Gasteiger partial charge < -0.3 is 14.5 Å². The lowest BCUT2D eigenvalue weighted by molar-refractivity contribution is 0.00946. The number of oxazole rings is 1. The number of nitrogens with one attached hydrogen (secondary N) is 1. The number of benzene rings is 1. The van der Waals surface area contributed by atoms with E-state index in [-0.39, 0.29) is 12.5 Å². The van der Waals surface area contributed by atoms with E-state index in [1.807, 2.05) is 0 Å². The second kappa shape index (κ2) is 4.98. The molecule has 1 aliphatic heterocycles. The van der Waals surface area contributed by atoms with Crippen LogP contribution in [-0.4, -0.2) is 16.9 Å². The predicted octanol–water partition coefficient (Wildman–Crippen LogP) is 2.32. The van der Waals surface area contributed by atoms with Crippen LogP contribution in [0.25, 0.3) is 0 Å². The highest BCUT2D eigenvalue weighted by atomic mass is 16.6. The van der Waals surface area contributed by atoms with Crippen molar-refractivity contribution in [2.24, 2.45) is 0 Å². The van der Waals surface area contributed by atoms with E-state index < -0.39 is 11.6 Å². The standard InChI is InChI=1S/C16H16N2O4/c1-9-12(18-8-21-9)7-17-14(19)10-5-4-6-11-13(10)15(20)22-16(11,2)3/h4-6,8H,7H2,1-3H3,(H,17,19). The van der Waals surface area contributed by atoms with Crippen LogP contribution in [0.3, 0.4) is 0 Å². The monoisotopic (exact) mass is 300 g/mol. The Labute approximate surface area is 127 Å². The Kier molecular flexibility index (Phi) is 3.24. The van der Waals surface area contributed by atoms with Gasteiger partial charge in [0.1, 0.15) is 17.1 Å². The second-order valence-electron chi connectivity index (χ2n) is 5.67. The number of ether oxygens (including phenoxy) is 1. The first-order valence-corrected chi connectivity index (χ1v) is 6.94. The van der Waals surface area contributed by atoms with Crippen LogP contribution in [0.1, 0.15) is 51.6 Å². The fraction of sp³-hybridized carbons (Fsp3) is 0.312. The number of esters is 1. The lowest BCUT2D eigenvalue weighted by Gasteiger charge is -2.17. The van der Waals surface area contributed by atoms with E-state index in [0.717, 1.165) is 5.56 Å². The maximum atomic E-state index is 12.4. The molecule has 3 rings (SSSR count). The molecule has 0 aliphatic carbocycles. The minimum atomic E-state index is -0.717. The van der Waals surface area contributed by atoms with Crippen LogP contribution in [0.5, 0.6) is 0 Å². The van der Waals surface area contributed by atoms with E-state index >= 15 is 0 Å². The van der Waals surface area contributed by atoms with Crippen LogP contribution in [0.4, 0.5) is 0 Å². The summed E-state index contributed by atoms with van der Waals surface area (Å²) in [7, 11) is 0. The average Bonchev–Trinajstić information content (AvgIpc) is 2.98. The van der Waals surface area contributed by atoms with Crippen molar-refractivity contribution in [3.05, 3.63) is 52.7 Å². The first kappa shape index (κ1) is 14.3. The third kappa shape index (κ3) is 2.26. The first-order valence-electron chi connectivity index (χ1n) is 6.94. The number of hydrogen-bond donors (Lipinski definition) is 1. The van der Waals surface area contributed by atoms with E-state index in [1.54, 1.807) is 39.0 Å². The second-order valence-corrected chi connectivity index (χ2v) is 5.67. The van der Waals surface area contributed by atoms with Gasteiger partial charge >= 0.3 is 5.97 Å². The van der Waals surface area contributed by atoms with Crippen molar-refractivity contribution in [1.82, 2.24) is 10.3 Å². The molecule has 0 radical (unpaired) electrons. The third-order valence-corrected chi connectivity index (χ3v) is 3.77. The van der Waals surface area contributed by atoms with Crippen LogP contribution in [0, 0.1) is 6.92 Å². The number of carbonyl (C=O) groups excluding carboxylic acids is 2. The molecule has 1 aliphatic rings. The average molecular weight is 300 g/mol. The number of hydrogen-bond acceptors (Lipinski definition) is 5. The summed E-state index contributed by atoms with van der Waals surface area (Å²) in [6, 6.07) is 5.17. The van der Waals surface area contributed by atoms with Crippen molar-refractivity contribution in [2.75, 3.05) is 0 Å². The lowest BCUT2D eigenvalue weighted by Crippen LogP contribution is -2.25. The van der Waals surface area contributed by atoms with Gasteiger partial charge in [-0.3, -0.25) is 4.79 Å². The number of carbonyl (C=O) groups is 2. The van der Waals surface area contributed by atoms with Gasteiger partial charge in [-0.15, -0.1) is 0 Å². The molecule has 1 N–H and O–H groups in total. The molecule has 0 spiro atoms. The van der Waals surface area contributed by atoms with E-state index in [9.17, 15) is 9.59 Å². The van der Waals surface area contributed by atoms with Crippen molar-refractivity contribution < 1.29 is 18.7 Å². The maximum Gasteiger partial charge on any atom is 0.340 e. The highest BCUT2D eigenvalue weighted by molar-refractivity contribution is 6.07. The topological polar surface area (TPSA) is 81.4 Å². The van der Waals surface area contributed by atoms with Gasteiger partial charge in [-0.2, -0.15) is 0 Å². The molecule has 0 atom stereocenters. The minimum absolute atomic E-state index is 0.239. The van der Waals surface area contributed by atoms with Crippen LogP contribution >= 0.6 is 0 Å². The quantitative estimate of drug-likeness (QED) is 0.880. The molecule has 22 heavy (non-hydrogen) atoms. The highest BCUT2D eigenvalue weighted by Crippen LogP contribution is 2.37. The summed E-state index contributed by atoms with van der Waals surface area (Å²) in [5.41, 5.74) is 1.31. The Hall–Kier alpha value is -2.63. The van der Waals surface area contributed by atoms with Crippen molar-refractivity contribution in [2.45, 2.75) is 32.9 Å². The number of aryl methyl sites for hydroxylation is 1. The molecule has 6 nitrogen and oxygen atoms in total. The molecular formula is C16H16N2O4. The molecule has 2 heterocycles. The van der Waals surface area contributed by atoms with Crippen LogP contribution < -0.4 is 5.32 Å². The van der Waals surface area contributed by atoms with E-state index in [2.05, 4.69) is 10.3 Å². The van der Waals surface area contributed by atoms with Crippen molar-refractivity contribution in [1.29, 1.82) is 0 Å². The van der Waals surface area contributed by atoms with Crippen molar-refractivity contribution in [3.63, 3.8) is 0 Å². The number of aromatic nitrogens is 1. The molecule has 114 valence electrons. The van der Waals surface area contributed by atoms with Gasteiger partial charge in [0.25, 0.3) is 5.91 Å². The zero-order chi connectivity index (χ0) is 15.9. The van der Waals surface area contributed by atoms with Gasteiger partial charge in [0, 0.05) is 5.56 Å². The Bertz CT molecular complexity index is 761. The third-order valence-electron chi connectivity index (χ3n) is 3.77. The molecule has 0 saturated heterocycles. The highest BCUT2D eigenvalue weighted by Gasteiger charge is 2.40. The zero-order valence-corrected chi connectivity index (χ0v) is 12.6. The van der Waals surface area contributed by atoms with Crippen LogP contribution in [0.2, 0.25) is 0 Å². The zero-order valence-electron chi connectivity index (χ0n) is 12.6. The van der Waals surface area contributed by atoms with Gasteiger partial charge in [0.05, 0.1) is 17.7 Å². The van der Waals surface area contributed by atoms with Crippen molar-refractivity contribution >= 4 is 11.9 Å². The molecule has 1 aromatic heterocycles. The summed E-state index contributed by atoms with van der Waals surface area (Å²) in [5.74, 6) is -0.156. The molecule has 0 saturated carbocycles. The molecular weight excluding hydrogens is 284 g/mol. The molecule has 0 unspecified atom stereocenters. The smallest absolute Gasteiger partial charge is 0.340 e. The Morgan fingerprint density at radius 2 is 2.14 bits per heavy atom. The Balaban J connectivity index is 1.87. The molecule has 1 aromatic carbocycles. The number of cyclic esters (lactones) is 1. The molecule has 0 bridgehead atoms. The van der Waals surface area contributed by atoms with E-state index in [1.165, 1.54) is 6.39 Å². The fourth-order valence-corrected chi connectivity index (χ4v) is 2.56. The summed E-state index contributed by atoms with van der Waals surface area (Å²) in [6.45, 7) is 5.62. The van der Waals surface area contributed by atoms with Gasteiger partial charge in [-0.25, -0.2) is 9.78 Å². The number of nitrogens with zero attached hydrogens (tertiary/aromatic N) is 1. The molecule has 0 fully saturated rings. The normalized spacial score (nSPS) is 15.3. The van der Waals surface area contributed by atoms with Gasteiger partial charge in [-0.1, -0.05) is 12.1 Å². The SMILES string of the molecule is Cc1ocnc1CNC(=O)c1cccc2c1C(=O)OC2(C)C. The minimum Gasteiger partial charge on any atom is -0.451 e. The summed E-state index contributed by atoms with van der Waals surface area (Å²) >= 11 is 0. The fourth-order valence-electron chi connectivity index (χ4n) is 2.56. The maximum absolute atomic E-state index is 12.4. The summed E-state index contributed by atoms with van der Waals surface area (Å²) in [6.07, 6.45) is 1.33. The number of amides is 1. The number of fused-ring (bicyclic) bond motifs is 1. The predicted molar refractivity (Wildman–Crippen MR) is 77.3 cm³/mol. The van der Waals surface area contributed by atoms with Crippen LogP contribution in [-0.2, 0) is 16.9 Å². The van der Waals surface area contributed by atoms with Crippen molar-refractivity contribution in [3.8, 4) is 0 Å². The Morgan fingerprint density at radius 3 is 2.82 bits per heavy atom. The molecule has 6 heteroatoms. The van der Waals surface area contributed by atoms with Gasteiger partial charge in [0.2, 0.25) is 0 Å². The summed E-state index contributed by atoms with van der Waals surface area (Å²) in [5, 5.41) is 2.75. The first-order chi connectivity index (χ1) is 10.4. The summed E-state index contributed by atoms with van der Waals surface area (Å²) in [4.78, 5) is 28.5. The summed E-state index contributed by atoms with van der Waals surface area (Å²) < 4.78 is 10.4. The molecule has 1 amide bonds. The van der Waals surface area contributed by atoms with Gasteiger partial charge in [0.15, 0.2) is 6.39 Å². The van der Waals surface area contributed by atoms with E-state index in [0.29, 0.717) is 22.6 Å². The van der Waals surface area contributed by atoms with Gasteiger partial charge in [-0.05, 0) is 26.8 Å².